The highest BCUT2D eigenvalue weighted by Crippen LogP contribution is 2.32. The van der Waals surface area contributed by atoms with Crippen LogP contribution in [0.5, 0.6) is 0 Å². The van der Waals surface area contributed by atoms with E-state index >= 15 is 0 Å². The predicted octanol–water partition coefficient (Wildman–Crippen LogP) is 3.70. The van der Waals surface area contributed by atoms with Gasteiger partial charge in [0.1, 0.15) is 0 Å². The average Bonchev–Trinajstić information content (AvgIpc) is 3.09. The molecule has 19 heavy (non-hydrogen) atoms. The van der Waals surface area contributed by atoms with E-state index in [-0.39, 0.29) is 0 Å². The lowest BCUT2D eigenvalue weighted by molar-refractivity contribution is 0.644. The van der Waals surface area contributed by atoms with Crippen molar-refractivity contribution >= 4 is 28.7 Å². The number of benzene rings is 1. The molecule has 3 unspecified atom stereocenters. The molecule has 0 spiro atoms. The van der Waals surface area contributed by atoms with Crippen LogP contribution >= 0.6 is 23.5 Å². The van der Waals surface area contributed by atoms with E-state index in [9.17, 15) is 0 Å². The Morgan fingerprint density at radius 1 is 1.26 bits per heavy atom. The minimum atomic E-state index is 0.336. The van der Waals surface area contributed by atoms with Crippen LogP contribution in [0.15, 0.2) is 35.3 Å². The van der Waals surface area contributed by atoms with Crippen molar-refractivity contribution in [1.29, 1.82) is 0 Å². The Morgan fingerprint density at radius 2 is 2.11 bits per heavy atom. The summed E-state index contributed by atoms with van der Waals surface area (Å²) in [6, 6.07) is 11.6. The van der Waals surface area contributed by atoms with Gasteiger partial charge in [0.15, 0.2) is 5.17 Å². The molecule has 4 heteroatoms. The Labute approximate surface area is 123 Å². The number of nitrogens with one attached hydrogen (secondary N) is 1. The lowest BCUT2D eigenvalue weighted by Gasteiger charge is -2.19. The molecule has 1 aliphatic heterocycles. The minimum absolute atomic E-state index is 0.336. The third kappa shape index (κ3) is 3.11. The van der Waals surface area contributed by atoms with Crippen LogP contribution in [-0.2, 0) is 0 Å². The van der Waals surface area contributed by atoms with Crippen molar-refractivity contribution in [3.8, 4) is 0 Å². The molecule has 0 saturated heterocycles. The van der Waals surface area contributed by atoms with Gasteiger partial charge in [0.25, 0.3) is 0 Å². The molecule has 0 bridgehead atoms. The highest BCUT2D eigenvalue weighted by molar-refractivity contribution is 8.14. The van der Waals surface area contributed by atoms with E-state index in [4.69, 9.17) is 4.99 Å². The molecule has 1 N–H and O–H groups in total. The van der Waals surface area contributed by atoms with Gasteiger partial charge in [-0.2, -0.15) is 11.8 Å². The van der Waals surface area contributed by atoms with Gasteiger partial charge in [0.05, 0.1) is 6.04 Å². The fourth-order valence-corrected chi connectivity index (χ4v) is 4.78. The lowest BCUT2D eigenvalue weighted by Crippen LogP contribution is -2.36. The summed E-state index contributed by atoms with van der Waals surface area (Å²) < 4.78 is 0. The quantitative estimate of drug-likeness (QED) is 0.919. The van der Waals surface area contributed by atoms with Crippen molar-refractivity contribution in [3.05, 3.63) is 35.9 Å². The number of nitrogens with zero attached hydrogens (tertiary/aromatic N) is 1. The third-order valence-electron chi connectivity index (χ3n) is 3.90. The Bertz CT molecular complexity index is 447. The largest absolute Gasteiger partial charge is 0.361 e. The molecule has 3 rings (SSSR count). The highest BCUT2D eigenvalue weighted by atomic mass is 32.2. The summed E-state index contributed by atoms with van der Waals surface area (Å²) in [7, 11) is 0. The van der Waals surface area contributed by atoms with Gasteiger partial charge in [0, 0.05) is 17.0 Å². The van der Waals surface area contributed by atoms with Gasteiger partial charge in [-0.15, -0.1) is 0 Å². The van der Waals surface area contributed by atoms with Crippen molar-refractivity contribution in [2.75, 3.05) is 12.0 Å². The summed E-state index contributed by atoms with van der Waals surface area (Å²) in [5.41, 5.74) is 1.33. The van der Waals surface area contributed by atoms with E-state index in [0.717, 1.165) is 16.2 Å². The monoisotopic (exact) mass is 292 g/mol. The minimum Gasteiger partial charge on any atom is -0.361 e. The Kier molecular flexibility index (Phi) is 4.38. The van der Waals surface area contributed by atoms with Crippen molar-refractivity contribution in [2.45, 2.75) is 36.6 Å². The van der Waals surface area contributed by atoms with Gasteiger partial charge in [-0.3, -0.25) is 4.99 Å². The molecule has 1 fully saturated rings. The lowest BCUT2D eigenvalue weighted by atomic mass is 10.1. The van der Waals surface area contributed by atoms with Crippen molar-refractivity contribution < 1.29 is 0 Å². The average molecular weight is 292 g/mol. The van der Waals surface area contributed by atoms with Gasteiger partial charge in [-0.1, -0.05) is 48.5 Å². The summed E-state index contributed by atoms with van der Waals surface area (Å²) >= 11 is 3.87. The van der Waals surface area contributed by atoms with E-state index < -0.39 is 0 Å². The Morgan fingerprint density at radius 3 is 2.89 bits per heavy atom. The summed E-state index contributed by atoms with van der Waals surface area (Å²) in [6.07, 6.45) is 6.21. The van der Waals surface area contributed by atoms with E-state index in [2.05, 4.69) is 41.9 Å². The second kappa shape index (κ2) is 6.23. The Hall–Kier alpha value is -0.610. The standard InChI is InChI=1S/C15H20N2S2/c1-18-14-9-5-8-12(14)16-15-17-13(10-19-15)11-6-3-2-4-7-11/h2-4,6-7,12-14H,5,8-10H2,1H3,(H,16,17). The number of thioether (sulfide) groups is 2. The molecular weight excluding hydrogens is 272 g/mol. The van der Waals surface area contributed by atoms with Crippen molar-refractivity contribution in [1.82, 2.24) is 5.32 Å². The topological polar surface area (TPSA) is 24.4 Å². The van der Waals surface area contributed by atoms with Gasteiger partial charge < -0.3 is 5.32 Å². The van der Waals surface area contributed by atoms with Crippen LogP contribution in [0.25, 0.3) is 0 Å². The van der Waals surface area contributed by atoms with Gasteiger partial charge in [-0.05, 0) is 24.7 Å². The zero-order valence-corrected chi connectivity index (χ0v) is 12.8. The summed E-state index contributed by atoms with van der Waals surface area (Å²) in [5.74, 6) is 1.07. The molecule has 1 saturated carbocycles. The molecule has 0 aromatic heterocycles. The molecule has 3 atom stereocenters. The fourth-order valence-electron chi connectivity index (χ4n) is 2.83. The second-order valence-corrected chi connectivity index (χ2v) is 7.21. The zero-order chi connectivity index (χ0) is 13.1. The SMILES string of the molecule is CSC1CCCC1NC1=NC(c2ccccc2)CS1. The number of amidine groups is 1. The molecule has 2 nitrogen and oxygen atoms in total. The maximum Gasteiger partial charge on any atom is 0.157 e. The highest BCUT2D eigenvalue weighted by Gasteiger charge is 2.29. The third-order valence-corrected chi connectivity index (χ3v) is 6.05. The van der Waals surface area contributed by atoms with Crippen LogP contribution in [-0.4, -0.2) is 28.5 Å². The van der Waals surface area contributed by atoms with Crippen LogP contribution in [0.3, 0.4) is 0 Å². The van der Waals surface area contributed by atoms with Crippen molar-refractivity contribution in [3.63, 3.8) is 0 Å². The first-order chi connectivity index (χ1) is 9.36. The number of hydrogen-bond acceptors (Lipinski definition) is 4. The molecule has 1 aromatic carbocycles. The summed E-state index contributed by atoms with van der Waals surface area (Å²) in [4.78, 5) is 4.85. The van der Waals surface area contributed by atoms with Gasteiger partial charge in [0.2, 0.25) is 0 Å². The molecule has 0 amide bonds. The van der Waals surface area contributed by atoms with Crippen LogP contribution in [0, 0.1) is 0 Å². The van der Waals surface area contributed by atoms with E-state index in [1.807, 2.05) is 23.5 Å². The normalized spacial score (nSPS) is 30.4. The number of aliphatic imine (C=N–C) groups is 1. The van der Waals surface area contributed by atoms with E-state index in [0.29, 0.717) is 12.1 Å². The molecule has 102 valence electrons. The molecular formula is C15H20N2S2. The van der Waals surface area contributed by atoms with Gasteiger partial charge >= 0.3 is 0 Å². The zero-order valence-electron chi connectivity index (χ0n) is 11.2. The molecule has 1 aliphatic carbocycles. The smallest absolute Gasteiger partial charge is 0.157 e. The van der Waals surface area contributed by atoms with Crippen molar-refractivity contribution in [2.24, 2.45) is 4.99 Å². The second-order valence-electron chi connectivity index (χ2n) is 5.13. The van der Waals surface area contributed by atoms with Crippen LogP contribution in [0.1, 0.15) is 30.9 Å². The first kappa shape index (κ1) is 13.4. The molecule has 0 radical (unpaired) electrons. The first-order valence-electron chi connectivity index (χ1n) is 6.91. The molecule has 1 aromatic rings. The molecule has 2 aliphatic rings. The Balaban J connectivity index is 1.64. The number of rotatable bonds is 3. The molecule has 1 heterocycles. The fraction of sp³-hybridized carbons (Fsp3) is 0.533. The maximum absolute atomic E-state index is 4.85. The van der Waals surface area contributed by atoms with Crippen LogP contribution < -0.4 is 5.32 Å². The van der Waals surface area contributed by atoms with E-state index in [1.165, 1.54) is 24.8 Å². The van der Waals surface area contributed by atoms with E-state index in [1.54, 1.807) is 0 Å². The van der Waals surface area contributed by atoms with Gasteiger partial charge in [-0.25, -0.2) is 0 Å². The predicted molar refractivity (Wildman–Crippen MR) is 87.2 cm³/mol. The summed E-state index contributed by atoms with van der Waals surface area (Å²) in [5, 5.41) is 5.59. The first-order valence-corrected chi connectivity index (χ1v) is 9.19. The number of hydrogen-bond donors (Lipinski definition) is 1. The van der Waals surface area contributed by atoms with Crippen LogP contribution in [0.2, 0.25) is 0 Å². The summed E-state index contributed by atoms with van der Waals surface area (Å²) in [6.45, 7) is 0. The maximum atomic E-state index is 4.85. The van der Waals surface area contributed by atoms with Crippen LogP contribution in [0.4, 0.5) is 0 Å².